The van der Waals surface area contributed by atoms with Crippen LogP contribution in [-0.2, 0) is 5.92 Å². The second-order valence-corrected chi connectivity index (χ2v) is 9.74. The molecule has 0 spiro atoms. The quantitative estimate of drug-likeness (QED) is 0.0974. The predicted octanol–water partition coefficient (Wildman–Crippen LogP) is 6.89. The lowest BCUT2D eigenvalue weighted by atomic mass is 9.92. The van der Waals surface area contributed by atoms with Crippen molar-refractivity contribution in [3.05, 3.63) is 93.4 Å². The minimum atomic E-state index is -3.00. The maximum Gasteiger partial charge on any atom is 0.290 e. The molecule has 3 N–H and O–H groups in total. The number of anilines is 1. The first kappa shape index (κ1) is 28.7. The molecule has 0 aliphatic carbocycles. The SMILES string of the molecule is CC#Cc1cc(C)c(-c2cc(-c3[nH]c(C)c(C(O)Nc4cccc(C(F)(F)CC)c4)[n+]3[O-])ccc2OC)c(C)c1. The molecule has 1 aromatic heterocycles. The average Bonchev–Trinajstić information content (AvgIpc) is 3.22. The Hall–Kier alpha value is -4.35. The standard InChI is InChI=1S/C32H33F2N3O3/c1-7-10-22-15-19(3)28(20(4)16-22)26-17-23(13-14-27(26)40-6)30-35-21(5)29(37(30)39)31(38)36-25-12-9-11-24(18-25)32(33,34)8-2/h9,11-18,31,35-36,38H,8H2,1-6H3. The predicted molar refractivity (Wildman–Crippen MR) is 153 cm³/mol. The topological polar surface area (TPSA) is 84.2 Å². The van der Waals surface area contributed by atoms with E-state index in [-0.39, 0.29) is 29.2 Å². The van der Waals surface area contributed by atoms with Gasteiger partial charge in [-0.1, -0.05) is 25.0 Å². The fraction of sp³-hybridized carbons (Fsp3) is 0.281. The van der Waals surface area contributed by atoms with Crippen LogP contribution in [0.5, 0.6) is 5.75 Å². The molecular weight excluding hydrogens is 512 g/mol. The lowest BCUT2D eigenvalue weighted by molar-refractivity contribution is -0.604. The van der Waals surface area contributed by atoms with Gasteiger partial charge in [-0.25, -0.2) is 18.5 Å². The number of aryl methyl sites for hydroxylation is 3. The number of nitrogens with zero attached hydrogens (tertiary/aromatic N) is 1. The molecule has 0 aliphatic heterocycles. The molecule has 0 aliphatic rings. The first-order chi connectivity index (χ1) is 19.0. The highest BCUT2D eigenvalue weighted by molar-refractivity contribution is 5.80. The number of alkyl halides is 2. The van der Waals surface area contributed by atoms with Gasteiger partial charge in [-0.05, 0) is 79.9 Å². The van der Waals surface area contributed by atoms with E-state index in [4.69, 9.17) is 4.74 Å². The van der Waals surface area contributed by atoms with Gasteiger partial charge in [0.2, 0.25) is 0 Å². The molecule has 0 saturated carbocycles. The normalized spacial score (nSPS) is 12.0. The number of methoxy groups -OCH3 is 1. The monoisotopic (exact) mass is 545 g/mol. The van der Waals surface area contributed by atoms with Gasteiger partial charge in [0.05, 0.1) is 12.7 Å². The summed E-state index contributed by atoms with van der Waals surface area (Å²) in [6.45, 7) is 8.89. The van der Waals surface area contributed by atoms with Crippen molar-refractivity contribution >= 4 is 5.69 Å². The van der Waals surface area contributed by atoms with Crippen LogP contribution in [0.3, 0.4) is 0 Å². The van der Waals surface area contributed by atoms with Crippen LogP contribution in [-0.4, -0.2) is 17.2 Å². The van der Waals surface area contributed by atoms with Gasteiger partial charge in [0.1, 0.15) is 11.4 Å². The summed E-state index contributed by atoms with van der Waals surface area (Å²) in [5.74, 6) is 3.90. The largest absolute Gasteiger partial charge is 0.710 e. The third kappa shape index (κ3) is 5.51. The summed E-state index contributed by atoms with van der Waals surface area (Å²) < 4.78 is 34.7. The molecule has 4 rings (SSSR count). The zero-order chi connectivity index (χ0) is 29.2. The van der Waals surface area contributed by atoms with Crippen molar-refractivity contribution in [1.82, 2.24) is 4.98 Å². The summed E-state index contributed by atoms with van der Waals surface area (Å²) in [6.07, 6.45) is -1.79. The summed E-state index contributed by atoms with van der Waals surface area (Å²) in [6, 6.07) is 15.1. The zero-order valence-electron chi connectivity index (χ0n) is 23.4. The maximum atomic E-state index is 14.2. The van der Waals surface area contributed by atoms with E-state index in [1.54, 1.807) is 39.2 Å². The van der Waals surface area contributed by atoms with E-state index in [1.165, 1.54) is 25.1 Å². The average molecular weight is 546 g/mol. The summed E-state index contributed by atoms with van der Waals surface area (Å²) in [5, 5.41) is 27.2. The van der Waals surface area contributed by atoms with Gasteiger partial charge in [0.25, 0.3) is 11.7 Å². The van der Waals surface area contributed by atoms with Crippen LogP contribution in [0.4, 0.5) is 14.5 Å². The van der Waals surface area contributed by atoms with Gasteiger partial charge in [-0.2, -0.15) is 0 Å². The van der Waals surface area contributed by atoms with Gasteiger partial charge in [-0.3, -0.25) is 0 Å². The fourth-order valence-electron chi connectivity index (χ4n) is 4.99. The minimum Gasteiger partial charge on any atom is -0.710 e. The van der Waals surface area contributed by atoms with Crippen LogP contribution in [0.2, 0.25) is 0 Å². The van der Waals surface area contributed by atoms with E-state index in [2.05, 4.69) is 22.1 Å². The van der Waals surface area contributed by atoms with Crippen molar-refractivity contribution in [2.45, 2.75) is 53.2 Å². The number of ether oxygens (including phenoxy) is 1. The summed E-state index contributed by atoms with van der Waals surface area (Å²) in [4.78, 5) is 3.08. The van der Waals surface area contributed by atoms with E-state index in [0.717, 1.165) is 27.8 Å². The van der Waals surface area contributed by atoms with Crippen LogP contribution in [0, 0.1) is 37.8 Å². The number of hydrogen-bond acceptors (Lipinski definition) is 4. The molecule has 0 fully saturated rings. The van der Waals surface area contributed by atoms with Gasteiger partial charge in [-0.15, -0.1) is 5.92 Å². The number of halogens is 2. The Morgan fingerprint density at radius 3 is 2.42 bits per heavy atom. The molecule has 8 heteroatoms. The Morgan fingerprint density at radius 2 is 1.80 bits per heavy atom. The van der Waals surface area contributed by atoms with Crippen LogP contribution in [0.1, 0.15) is 60.1 Å². The van der Waals surface area contributed by atoms with Crippen LogP contribution in [0.25, 0.3) is 22.5 Å². The molecule has 4 aromatic rings. The molecular formula is C32H33F2N3O3. The molecule has 1 heterocycles. The highest BCUT2D eigenvalue weighted by Gasteiger charge is 2.30. The van der Waals surface area contributed by atoms with Crippen molar-refractivity contribution in [2.75, 3.05) is 12.4 Å². The molecule has 0 amide bonds. The van der Waals surface area contributed by atoms with Gasteiger partial charge < -0.3 is 20.4 Å². The number of aliphatic hydroxyl groups excluding tert-OH is 1. The molecule has 1 unspecified atom stereocenters. The number of aliphatic hydroxyl groups is 1. The Balaban J connectivity index is 1.73. The third-order valence-corrected chi connectivity index (χ3v) is 6.95. The number of rotatable bonds is 8. The molecule has 0 saturated heterocycles. The van der Waals surface area contributed by atoms with Crippen molar-refractivity contribution in [3.63, 3.8) is 0 Å². The smallest absolute Gasteiger partial charge is 0.290 e. The van der Waals surface area contributed by atoms with Crippen molar-refractivity contribution < 1.29 is 23.4 Å². The van der Waals surface area contributed by atoms with E-state index < -0.39 is 12.2 Å². The molecule has 0 radical (unpaired) electrons. The summed E-state index contributed by atoms with van der Waals surface area (Å²) in [5.41, 5.74) is 5.91. The third-order valence-electron chi connectivity index (χ3n) is 6.95. The Kier molecular flexibility index (Phi) is 8.17. The van der Waals surface area contributed by atoms with Gasteiger partial charge >= 0.3 is 0 Å². The second kappa shape index (κ2) is 11.4. The van der Waals surface area contributed by atoms with E-state index >= 15 is 0 Å². The van der Waals surface area contributed by atoms with Crippen LogP contribution in [0.15, 0.2) is 54.6 Å². The Bertz CT molecular complexity index is 1590. The van der Waals surface area contributed by atoms with Crippen molar-refractivity contribution in [2.24, 2.45) is 0 Å². The van der Waals surface area contributed by atoms with E-state index in [1.807, 2.05) is 32.0 Å². The first-order valence-electron chi connectivity index (χ1n) is 13.0. The lowest BCUT2D eigenvalue weighted by Gasteiger charge is -2.18. The first-order valence-corrected chi connectivity index (χ1v) is 13.0. The van der Waals surface area contributed by atoms with Crippen molar-refractivity contribution in [1.29, 1.82) is 0 Å². The van der Waals surface area contributed by atoms with Crippen molar-refractivity contribution in [3.8, 4) is 40.1 Å². The number of H-pyrrole nitrogens is 1. The molecule has 6 nitrogen and oxygen atoms in total. The number of benzene rings is 3. The highest BCUT2D eigenvalue weighted by atomic mass is 19.3. The van der Waals surface area contributed by atoms with E-state index in [0.29, 0.717) is 21.7 Å². The van der Waals surface area contributed by atoms with Gasteiger partial charge in [0, 0.05) is 35.7 Å². The summed E-state index contributed by atoms with van der Waals surface area (Å²) >= 11 is 0. The number of hydrogen-bond donors (Lipinski definition) is 3. The summed E-state index contributed by atoms with van der Waals surface area (Å²) in [7, 11) is 1.60. The van der Waals surface area contributed by atoms with Crippen LogP contribution < -0.4 is 14.8 Å². The fourth-order valence-corrected chi connectivity index (χ4v) is 4.99. The van der Waals surface area contributed by atoms with E-state index in [9.17, 15) is 19.1 Å². The number of nitrogens with one attached hydrogen (secondary N) is 2. The number of aromatic amines is 1. The molecule has 40 heavy (non-hydrogen) atoms. The molecule has 3 aromatic carbocycles. The maximum absolute atomic E-state index is 14.2. The molecule has 0 bridgehead atoms. The lowest BCUT2D eigenvalue weighted by Crippen LogP contribution is -2.35. The van der Waals surface area contributed by atoms with Crippen LogP contribution >= 0.6 is 0 Å². The Labute approximate surface area is 233 Å². The number of aromatic nitrogens is 2. The second-order valence-electron chi connectivity index (χ2n) is 9.74. The zero-order valence-corrected chi connectivity index (χ0v) is 23.4. The number of imidazole rings is 1. The highest BCUT2D eigenvalue weighted by Crippen LogP contribution is 2.38. The Morgan fingerprint density at radius 1 is 1.10 bits per heavy atom. The van der Waals surface area contributed by atoms with Gasteiger partial charge in [0.15, 0.2) is 11.9 Å². The molecule has 208 valence electrons. The minimum absolute atomic E-state index is 0.0369. The molecule has 1 atom stereocenters.